The van der Waals surface area contributed by atoms with Crippen molar-refractivity contribution < 1.29 is 0 Å². The van der Waals surface area contributed by atoms with Gasteiger partial charge in [0.1, 0.15) is 0 Å². The number of hydrogen-bond donors (Lipinski definition) is 1. The number of aryl methyl sites for hydroxylation is 1. The Labute approximate surface area is 97.1 Å². The summed E-state index contributed by atoms with van der Waals surface area (Å²) in [5.74, 6) is 0. The third-order valence-electron chi connectivity index (χ3n) is 3.51. The Morgan fingerprint density at radius 3 is 2.76 bits per heavy atom. The SMILES string of the molecule is Cc1n[nH]c(=O)c2cn(C3CCC3)c(=O)cc12. The quantitative estimate of drug-likeness (QED) is 0.799. The largest absolute Gasteiger partial charge is 0.312 e. The number of pyridine rings is 1. The molecule has 0 aromatic carbocycles. The second kappa shape index (κ2) is 3.55. The van der Waals surface area contributed by atoms with E-state index in [4.69, 9.17) is 0 Å². The highest BCUT2D eigenvalue weighted by molar-refractivity contribution is 5.82. The molecule has 88 valence electrons. The molecule has 0 spiro atoms. The first-order valence-corrected chi connectivity index (χ1v) is 5.78. The summed E-state index contributed by atoms with van der Waals surface area (Å²) in [4.78, 5) is 23.6. The maximum Gasteiger partial charge on any atom is 0.273 e. The number of hydrogen-bond acceptors (Lipinski definition) is 3. The number of nitrogens with one attached hydrogen (secondary N) is 1. The maximum atomic E-state index is 12.0. The van der Waals surface area contributed by atoms with Crippen LogP contribution in [0.25, 0.3) is 10.8 Å². The molecule has 5 nitrogen and oxygen atoms in total. The standard InChI is InChI=1S/C12H13N3O2/c1-7-9-5-11(16)15(8-3-2-4-8)6-10(9)12(17)14-13-7/h5-6,8H,2-4H2,1H3,(H,14,17). The summed E-state index contributed by atoms with van der Waals surface area (Å²) < 4.78 is 1.68. The van der Waals surface area contributed by atoms with E-state index in [1.54, 1.807) is 17.7 Å². The lowest BCUT2D eigenvalue weighted by molar-refractivity contribution is 0.307. The topological polar surface area (TPSA) is 67.8 Å². The van der Waals surface area contributed by atoms with Crippen molar-refractivity contribution in [2.24, 2.45) is 0 Å². The molecule has 5 heteroatoms. The van der Waals surface area contributed by atoms with Gasteiger partial charge in [-0.1, -0.05) is 0 Å². The van der Waals surface area contributed by atoms with Crippen LogP contribution < -0.4 is 11.1 Å². The van der Waals surface area contributed by atoms with Gasteiger partial charge in [-0.2, -0.15) is 5.10 Å². The minimum absolute atomic E-state index is 0.0438. The molecule has 0 radical (unpaired) electrons. The van der Waals surface area contributed by atoms with Gasteiger partial charge in [0, 0.05) is 23.7 Å². The molecule has 1 N–H and O–H groups in total. The van der Waals surface area contributed by atoms with Gasteiger partial charge >= 0.3 is 0 Å². The Balaban J connectivity index is 2.34. The van der Waals surface area contributed by atoms with Crippen LogP contribution in [0, 0.1) is 6.92 Å². The van der Waals surface area contributed by atoms with Gasteiger partial charge in [-0.3, -0.25) is 9.59 Å². The summed E-state index contributed by atoms with van der Waals surface area (Å²) in [6, 6.07) is 1.78. The van der Waals surface area contributed by atoms with E-state index in [2.05, 4.69) is 10.2 Å². The molecule has 2 heterocycles. The molecule has 2 aromatic rings. The minimum Gasteiger partial charge on any atom is -0.312 e. The summed E-state index contributed by atoms with van der Waals surface area (Å²) in [6.07, 6.45) is 4.87. The maximum absolute atomic E-state index is 12.0. The molecule has 1 aliphatic rings. The zero-order chi connectivity index (χ0) is 12.0. The first kappa shape index (κ1) is 10.3. The van der Waals surface area contributed by atoms with Crippen LogP contribution in [-0.4, -0.2) is 14.8 Å². The fourth-order valence-corrected chi connectivity index (χ4v) is 2.23. The number of fused-ring (bicyclic) bond motifs is 1. The molecule has 0 saturated heterocycles. The first-order valence-electron chi connectivity index (χ1n) is 5.78. The van der Waals surface area contributed by atoms with Gasteiger partial charge in [-0.15, -0.1) is 0 Å². The molecule has 0 amide bonds. The van der Waals surface area contributed by atoms with Crippen LogP contribution in [-0.2, 0) is 0 Å². The van der Waals surface area contributed by atoms with Crippen molar-refractivity contribution in [3.8, 4) is 0 Å². The van der Waals surface area contributed by atoms with Crippen LogP contribution in [0.15, 0.2) is 21.9 Å². The lowest BCUT2D eigenvalue weighted by Crippen LogP contribution is -2.29. The first-order chi connectivity index (χ1) is 8.16. The molecule has 1 aliphatic carbocycles. The van der Waals surface area contributed by atoms with Crippen molar-refractivity contribution in [3.63, 3.8) is 0 Å². The van der Waals surface area contributed by atoms with E-state index in [9.17, 15) is 9.59 Å². The zero-order valence-corrected chi connectivity index (χ0v) is 9.56. The van der Waals surface area contributed by atoms with Gasteiger partial charge in [0.15, 0.2) is 0 Å². The number of nitrogens with zero attached hydrogens (tertiary/aromatic N) is 2. The summed E-state index contributed by atoms with van der Waals surface area (Å²) in [5.41, 5.74) is 0.397. The Kier molecular flexibility index (Phi) is 2.14. The number of H-pyrrole nitrogens is 1. The van der Waals surface area contributed by atoms with Crippen LogP contribution in [0.2, 0.25) is 0 Å². The average Bonchev–Trinajstić information content (AvgIpc) is 2.23. The van der Waals surface area contributed by atoms with Crippen LogP contribution in [0.4, 0.5) is 0 Å². The second-order valence-corrected chi connectivity index (χ2v) is 4.57. The molecule has 0 atom stereocenters. The van der Waals surface area contributed by atoms with Crippen molar-refractivity contribution in [3.05, 3.63) is 38.7 Å². The number of rotatable bonds is 1. The normalized spacial score (nSPS) is 16.1. The number of aromatic nitrogens is 3. The Morgan fingerprint density at radius 2 is 2.12 bits per heavy atom. The fraction of sp³-hybridized carbons (Fsp3) is 0.417. The molecule has 0 unspecified atom stereocenters. The van der Waals surface area contributed by atoms with Gasteiger partial charge in [0.2, 0.25) is 0 Å². The summed E-state index contributed by atoms with van der Waals surface area (Å²) >= 11 is 0. The molecular formula is C12H13N3O2. The van der Waals surface area contributed by atoms with E-state index in [1.807, 2.05) is 0 Å². The van der Waals surface area contributed by atoms with E-state index in [1.165, 1.54) is 6.07 Å². The third kappa shape index (κ3) is 1.50. The molecule has 0 aliphatic heterocycles. The van der Waals surface area contributed by atoms with Crippen LogP contribution >= 0.6 is 0 Å². The van der Waals surface area contributed by atoms with Gasteiger partial charge in [0.25, 0.3) is 11.1 Å². The van der Waals surface area contributed by atoms with Crippen molar-refractivity contribution in [1.82, 2.24) is 14.8 Å². The second-order valence-electron chi connectivity index (χ2n) is 4.57. The Morgan fingerprint density at radius 1 is 1.35 bits per heavy atom. The molecular weight excluding hydrogens is 218 g/mol. The van der Waals surface area contributed by atoms with Crippen molar-refractivity contribution in [2.45, 2.75) is 32.2 Å². The van der Waals surface area contributed by atoms with Gasteiger partial charge in [-0.05, 0) is 26.2 Å². The predicted molar refractivity (Wildman–Crippen MR) is 64.2 cm³/mol. The molecule has 2 aromatic heterocycles. The molecule has 0 bridgehead atoms. The van der Waals surface area contributed by atoms with Gasteiger partial charge in [0.05, 0.1) is 11.1 Å². The molecule has 17 heavy (non-hydrogen) atoms. The van der Waals surface area contributed by atoms with E-state index in [-0.39, 0.29) is 17.2 Å². The highest BCUT2D eigenvalue weighted by Gasteiger charge is 2.21. The van der Waals surface area contributed by atoms with E-state index in [0.717, 1.165) is 19.3 Å². The molecule has 1 fully saturated rings. The predicted octanol–water partition coefficient (Wildman–Crippen LogP) is 1.12. The van der Waals surface area contributed by atoms with Gasteiger partial charge < -0.3 is 4.57 Å². The lowest BCUT2D eigenvalue weighted by Gasteiger charge is -2.27. The monoisotopic (exact) mass is 231 g/mol. The summed E-state index contributed by atoms with van der Waals surface area (Å²) in [6.45, 7) is 1.78. The Bertz CT molecular complexity index is 695. The summed E-state index contributed by atoms with van der Waals surface area (Å²) in [5, 5.41) is 7.51. The molecule has 1 saturated carbocycles. The smallest absolute Gasteiger partial charge is 0.273 e. The zero-order valence-electron chi connectivity index (χ0n) is 9.56. The Hall–Kier alpha value is -1.91. The highest BCUT2D eigenvalue weighted by Crippen LogP contribution is 2.30. The van der Waals surface area contributed by atoms with Crippen LogP contribution in [0.5, 0.6) is 0 Å². The van der Waals surface area contributed by atoms with Crippen molar-refractivity contribution >= 4 is 10.8 Å². The van der Waals surface area contributed by atoms with Crippen LogP contribution in [0.1, 0.15) is 31.0 Å². The van der Waals surface area contributed by atoms with E-state index >= 15 is 0 Å². The van der Waals surface area contributed by atoms with Gasteiger partial charge in [-0.25, -0.2) is 5.10 Å². The fourth-order valence-electron chi connectivity index (χ4n) is 2.23. The summed E-state index contributed by atoms with van der Waals surface area (Å²) in [7, 11) is 0. The molecule has 3 rings (SSSR count). The minimum atomic E-state index is -0.237. The number of aromatic amines is 1. The average molecular weight is 231 g/mol. The lowest BCUT2D eigenvalue weighted by atomic mass is 9.92. The van der Waals surface area contributed by atoms with Crippen molar-refractivity contribution in [1.29, 1.82) is 0 Å². The van der Waals surface area contributed by atoms with E-state index < -0.39 is 0 Å². The van der Waals surface area contributed by atoms with Crippen molar-refractivity contribution in [2.75, 3.05) is 0 Å². The highest BCUT2D eigenvalue weighted by atomic mass is 16.1. The van der Waals surface area contributed by atoms with Crippen LogP contribution in [0.3, 0.4) is 0 Å². The van der Waals surface area contributed by atoms with E-state index in [0.29, 0.717) is 16.5 Å². The third-order valence-corrected chi connectivity index (χ3v) is 3.51.